The second kappa shape index (κ2) is 9.43. The number of rotatable bonds is 9. The molecule has 0 aromatic heterocycles. The van der Waals surface area contributed by atoms with Crippen LogP contribution < -0.4 is 11.1 Å². The highest BCUT2D eigenvalue weighted by Gasteiger charge is 2.13. The van der Waals surface area contributed by atoms with Crippen LogP contribution in [0, 0.1) is 0 Å². The number of nitrogen functional groups attached to an aromatic ring is 1. The van der Waals surface area contributed by atoms with Gasteiger partial charge >= 0.3 is 0 Å². The van der Waals surface area contributed by atoms with Crippen LogP contribution in [-0.2, 0) is 4.79 Å². The number of unbranched alkanes of at least 4 members (excludes halogenated alkanes) is 3. The van der Waals surface area contributed by atoms with Crippen molar-refractivity contribution in [2.45, 2.75) is 71.3 Å². The van der Waals surface area contributed by atoms with E-state index in [2.05, 4.69) is 26.1 Å². The Kier molecular flexibility index (Phi) is 7.88. The summed E-state index contributed by atoms with van der Waals surface area (Å²) in [6.07, 6.45) is 6.60. The third kappa shape index (κ3) is 7.16. The van der Waals surface area contributed by atoms with Crippen LogP contribution in [0.3, 0.4) is 0 Å². The molecular weight excluding hydrogens is 260 g/mol. The number of hydrogen-bond acceptors (Lipinski definition) is 2. The smallest absolute Gasteiger partial charge is 0.220 e. The van der Waals surface area contributed by atoms with Gasteiger partial charge in [0.2, 0.25) is 5.91 Å². The predicted molar refractivity (Wildman–Crippen MR) is 90.3 cm³/mol. The molecule has 0 aliphatic rings. The molecule has 118 valence electrons. The fourth-order valence-electron chi connectivity index (χ4n) is 2.50. The first-order chi connectivity index (χ1) is 10.0. The summed E-state index contributed by atoms with van der Waals surface area (Å²) in [4.78, 5) is 12.1. The van der Waals surface area contributed by atoms with Gasteiger partial charge in [0.25, 0.3) is 0 Å². The van der Waals surface area contributed by atoms with Crippen molar-refractivity contribution in [3.8, 4) is 0 Å². The Bertz CT molecular complexity index is 414. The minimum absolute atomic E-state index is 0.141. The number of carbonyl (C=O) groups excluding carboxylic acids is 1. The maximum Gasteiger partial charge on any atom is 0.220 e. The molecule has 3 nitrogen and oxygen atoms in total. The third-order valence-corrected chi connectivity index (χ3v) is 3.90. The quantitative estimate of drug-likeness (QED) is 0.528. The molecule has 0 radical (unpaired) electrons. The standard InChI is InChI=1S/C18H30N2O/c1-4-5-6-7-8-15(3)20-18(21)13-14(2)16-9-11-17(19)12-10-16/h9-12,14-15H,4-8,13,19H2,1-3H3,(H,20,21). The molecule has 0 saturated heterocycles. The van der Waals surface area contributed by atoms with Gasteiger partial charge in [0, 0.05) is 18.2 Å². The molecule has 1 amide bonds. The maximum absolute atomic E-state index is 12.1. The summed E-state index contributed by atoms with van der Waals surface area (Å²) in [6, 6.07) is 8.05. The third-order valence-electron chi connectivity index (χ3n) is 3.90. The van der Waals surface area contributed by atoms with Crippen LogP contribution in [0.5, 0.6) is 0 Å². The van der Waals surface area contributed by atoms with Crippen LogP contribution in [0.2, 0.25) is 0 Å². The van der Waals surface area contributed by atoms with E-state index in [1.165, 1.54) is 25.7 Å². The van der Waals surface area contributed by atoms with Crippen molar-refractivity contribution in [1.29, 1.82) is 0 Å². The molecule has 3 N–H and O–H groups in total. The predicted octanol–water partition coefficient (Wildman–Crippen LogP) is 4.24. The Morgan fingerprint density at radius 2 is 1.81 bits per heavy atom. The molecule has 2 atom stereocenters. The fraction of sp³-hybridized carbons (Fsp3) is 0.611. The molecule has 0 aliphatic carbocycles. The van der Waals surface area contributed by atoms with Crippen molar-refractivity contribution < 1.29 is 4.79 Å². The van der Waals surface area contributed by atoms with E-state index in [0.29, 0.717) is 6.42 Å². The first-order valence-electron chi connectivity index (χ1n) is 8.17. The van der Waals surface area contributed by atoms with Gasteiger partial charge in [0.15, 0.2) is 0 Å². The van der Waals surface area contributed by atoms with Crippen LogP contribution >= 0.6 is 0 Å². The minimum atomic E-state index is 0.141. The van der Waals surface area contributed by atoms with Crippen molar-refractivity contribution in [2.24, 2.45) is 0 Å². The molecule has 1 rings (SSSR count). The molecule has 0 heterocycles. The lowest BCUT2D eigenvalue weighted by molar-refractivity contribution is -0.122. The van der Waals surface area contributed by atoms with E-state index < -0.39 is 0 Å². The van der Waals surface area contributed by atoms with Crippen LogP contribution in [0.15, 0.2) is 24.3 Å². The Balaban J connectivity index is 2.30. The van der Waals surface area contributed by atoms with Gasteiger partial charge in [-0.25, -0.2) is 0 Å². The van der Waals surface area contributed by atoms with Crippen molar-refractivity contribution in [2.75, 3.05) is 5.73 Å². The summed E-state index contributed by atoms with van der Waals surface area (Å²) in [5, 5.41) is 3.11. The number of nitrogens with two attached hydrogens (primary N) is 1. The Morgan fingerprint density at radius 3 is 2.43 bits per heavy atom. The highest BCUT2D eigenvalue weighted by Crippen LogP contribution is 2.20. The first-order valence-corrected chi connectivity index (χ1v) is 8.17. The molecule has 3 heteroatoms. The number of nitrogens with one attached hydrogen (secondary N) is 1. The highest BCUT2D eigenvalue weighted by atomic mass is 16.1. The monoisotopic (exact) mass is 290 g/mol. The summed E-state index contributed by atoms with van der Waals surface area (Å²) < 4.78 is 0. The van der Waals surface area contributed by atoms with E-state index in [1.54, 1.807) is 0 Å². The van der Waals surface area contributed by atoms with Gasteiger partial charge in [-0.05, 0) is 37.0 Å². The van der Waals surface area contributed by atoms with Crippen molar-refractivity contribution in [1.82, 2.24) is 5.32 Å². The molecule has 0 bridgehead atoms. The zero-order chi connectivity index (χ0) is 15.7. The molecule has 0 fully saturated rings. The zero-order valence-corrected chi connectivity index (χ0v) is 13.7. The molecule has 0 saturated carbocycles. The van der Waals surface area contributed by atoms with Gasteiger partial charge in [-0.15, -0.1) is 0 Å². The second-order valence-electron chi connectivity index (χ2n) is 6.09. The van der Waals surface area contributed by atoms with Crippen LogP contribution in [0.4, 0.5) is 5.69 Å². The zero-order valence-electron chi connectivity index (χ0n) is 13.7. The highest BCUT2D eigenvalue weighted by molar-refractivity contribution is 5.77. The Labute approximate surface area is 129 Å². The van der Waals surface area contributed by atoms with E-state index in [4.69, 9.17) is 5.73 Å². The van der Waals surface area contributed by atoms with E-state index in [-0.39, 0.29) is 17.9 Å². The fourth-order valence-corrected chi connectivity index (χ4v) is 2.50. The average molecular weight is 290 g/mol. The van der Waals surface area contributed by atoms with E-state index in [1.807, 2.05) is 24.3 Å². The maximum atomic E-state index is 12.1. The van der Waals surface area contributed by atoms with Gasteiger partial charge in [-0.3, -0.25) is 4.79 Å². The molecular formula is C18H30N2O. The van der Waals surface area contributed by atoms with Gasteiger partial charge in [0.1, 0.15) is 0 Å². The van der Waals surface area contributed by atoms with E-state index >= 15 is 0 Å². The summed E-state index contributed by atoms with van der Waals surface area (Å²) >= 11 is 0. The first kappa shape index (κ1) is 17.5. The van der Waals surface area contributed by atoms with E-state index in [0.717, 1.165) is 17.7 Å². The average Bonchev–Trinajstić information content (AvgIpc) is 2.44. The van der Waals surface area contributed by atoms with Gasteiger partial charge in [0.05, 0.1) is 0 Å². The Hall–Kier alpha value is -1.51. The number of anilines is 1. The van der Waals surface area contributed by atoms with Crippen LogP contribution in [0.1, 0.15) is 70.8 Å². The molecule has 1 aromatic carbocycles. The lowest BCUT2D eigenvalue weighted by atomic mass is 9.97. The summed E-state index contributed by atoms with van der Waals surface area (Å²) in [5.41, 5.74) is 7.60. The topological polar surface area (TPSA) is 55.1 Å². The van der Waals surface area contributed by atoms with Crippen molar-refractivity contribution in [3.05, 3.63) is 29.8 Å². The Morgan fingerprint density at radius 1 is 1.14 bits per heavy atom. The normalized spacial score (nSPS) is 13.7. The number of benzene rings is 1. The van der Waals surface area contributed by atoms with Crippen molar-refractivity contribution >= 4 is 11.6 Å². The summed E-state index contributed by atoms with van der Waals surface area (Å²) in [6.45, 7) is 6.39. The number of hydrogen-bond donors (Lipinski definition) is 2. The van der Waals surface area contributed by atoms with E-state index in [9.17, 15) is 4.79 Å². The lowest BCUT2D eigenvalue weighted by Gasteiger charge is -2.16. The SMILES string of the molecule is CCCCCCC(C)NC(=O)CC(C)c1ccc(N)cc1. The second-order valence-corrected chi connectivity index (χ2v) is 6.09. The molecule has 21 heavy (non-hydrogen) atoms. The summed E-state index contributed by atoms with van der Waals surface area (Å²) in [7, 11) is 0. The van der Waals surface area contributed by atoms with Gasteiger partial charge < -0.3 is 11.1 Å². The molecule has 0 spiro atoms. The summed E-state index contributed by atoms with van der Waals surface area (Å²) in [5.74, 6) is 0.361. The largest absolute Gasteiger partial charge is 0.399 e. The van der Waals surface area contributed by atoms with Gasteiger partial charge in [-0.2, -0.15) is 0 Å². The number of amides is 1. The number of carbonyl (C=O) groups is 1. The van der Waals surface area contributed by atoms with Gasteiger partial charge in [-0.1, -0.05) is 51.7 Å². The lowest BCUT2D eigenvalue weighted by Crippen LogP contribution is -2.33. The minimum Gasteiger partial charge on any atom is -0.399 e. The molecule has 1 aromatic rings. The van der Waals surface area contributed by atoms with Crippen LogP contribution in [0.25, 0.3) is 0 Å². The van der Waals surface area contributed by atoms with Crippen LogP contribution in [-0.4, -0.2) is 11.9 Å². The molecule has 0 aliphatic heterocycles. The van der Waals surface area contributed by atoms with Crippen molar-refractivity contribution in [3.63, 3.8) is 0 Å². The molecule has 2 unspecified atom stereocenters.